The summed E-state index contributed by atoms with van der Waals surface area (Å²) < 4.78 is 1.95. The summed E-state index contributed by atoms with van der Waals surface area (Å²) >= 11 is 0. The van der Waals surface area contributed by atoms with Gasteiger partial charge in [-0.05, 0) is 19.1 Å². The second kappa shape index (κ2) is 4.28. The second-order valence-corrected chi connectivity index (χ2v) is 3.45. The maximum Gasteiger partial charge on any atom is 0.0643 e. The predicted molar refractivity (Wildman–Crippen MR) is 62.1 cm³/mol. The maximum absolute atomic E-state index is 4.37. The third-order valence-electron chi connectivity index (χ3n) is 2.48. The molecule has 0 fully saturated rings. The first kappa shape index (κ1) is 9.93. The van der Waals surface area contributed by atoms with Crippen molar-refractivity contribution in [3.63, 3.8) is 0 Å². The molecule has 1 N–H and O–H groups in total. The minimum atomic E-state index is 0.885. The van der Waals surface area contributed by atoms with Crippen molar-refractivity contribution in [2.24, 2.45) is 0 Å². The predicted octanol–water partition coefficient (Wildman–Crippen LogP) is 2.09. The molecule has 0 amide bonds. The van der Waals surface area contributed by atoms with Crippen molar-refractivity contribution in [2.75, 3.05) is 0 Å². The van der Waals surface area contributed by atoms with E-state index in [4.69, 9.17) is 0 Å². The lowest BCUT2D eigenvalue weighted by Crippen LogP contribution is -2.07. The zero-order valence-corrected chi connectivity index (χ0v) is 8.90. The second-order valence-electron chi connectivity index (χ2n) is 3.45. The van der Waals surface area contributed by atoms with Crippen LogP contribution in [0.5, 0.6) is 0 Å². The molecule has 3 heteroatoms. The molecule has 0 atom stereocenters. The largest absolute Gasteiger partial charge is 0.307 e. The van der Waals surface area contributed by atoms with Crippen LogP contribution in [0.3, 0.4) is 0 Å². The molecule has 0 unspecified atom stereocenters. The minimum Gasteiger partial charge on any atom is -0.307 e. The van der Waals surface area contributed by atoms with E-state index in [-0.39, 0.29) is 0 Å². The molecule has 0 saturated heterocycles. The van der Waals surface area contributed by atoms with Crippen molar-refractivity contribution in [2.45, 2.75) is 20.0 Å². The Balaban J connectivity index is 2.39. The van der Waals surface area contributed by atoms with E-state index < -0.39 is 0 Å². The first-order valence-electron chi connectivity index (χ1n) is 5.09. The average molecular weight is 201 g/mol. The zero-order valence-electron chi connectivity index (χ0n) is 8.90. The van der Waals surface area contributed by atoms with Gasteiger partial charge in [0.25, 0.3) is 0 Å². The Bertz CT molecular complexity index is 424. The van der Waals surface area contributed by atoms with Crippen LogP contribution in [0.15, 0.2) is 37.1 Å². The zero-order chi connectivity index (χ0) is 10.7. The van der Waals surface area contributed by atoms with Gasteiger partial charge in [0.15, 0.2) is 0 Å². The molecule has 0 aliphatic carbocycles. The highest BCUT2D eigenvalue weighted by atomic mass is 15.3. The molecule has 3 nitrogen and oxygen atoms in total. The van der Waals surface area contributed by atoms with Crippen LogP contribution >= 0.6 is 0 Å². The third-order valence-corrected chi connectivity index (χ3v) is 2.48. The molecular weight excluding hydrogens is 186 g/mol. The van der Waals surface area contributed by atoms with Crippen molar-refractivity contribution in [1.82, 2.24) is 15.1 Å². The lowest BCUT2D eigenvalue weighted by atomic mass is 10.3. The van der Waals surface area contributed by atoms with E-state index in [1.165, 1.54) is 11.3 Å². The quantitative estimate of drug-likeness (QED) is 0.759. The minimum absolute atomic E-state index is 0.885. The van der Waals surface area contributed by atoms with Crippen molar-refractivity contribution in [3.8, 4) is 0 Å². The first-order valence-corrected chi connectivity index (χ1v) is 5.09. The van der Waals surface area contributed by atoms with Crippen LogP contribution in [0, 0.1) is 0 Å². The first-order chi connectivity index (χ1) is 7.36. The van der Waals surface area contributed by atoms with E-state index in [1.54, 1.807) is 0 Å². The Morgan fingerprint density at radius 2 is 2.47 bits per heavy atom. The summed E-state index contributed by atoms with van der Waals surface area (Å²) in [6.45, 7) is 7.61. The number of hydrogen-bond donors (Lipinski definition) is 1. The van der Waals surface area contributed by atoms with E-state index in [1.807, 2.05) is 42.1 Å². The molecule has 1 aromatic heterocycles. The number of allylic oxidation sites excluding steroid dienone is 5. The fraction of sp³-hybridized carbons (Fsp3) is 0.250. The van der Waals surface area contributed by atoms with Crippen LogP contribution in [0.25, 0.3) is 5.70 Å². The number of nitrogens with zero attached hydrogens (tertiary/aromatic N) is 2. The number of hydrogen-bond acceptors (Lipinski definition) is 2. The van der Waals surface area contributed by atoms with Crippen LogP contribution in [-0.2, 0) is 13.1 Å². The van der Waals surface area contributed by atoms with Crippen molar-refractivity contribution >= 4 is 5.70 Å². The molecule has 0 aromatic carbocycles. The highest BCUT2D eigenvalue weighted by Gasteiger charge is 2.16. The van der Waals surface area contributed by atoms with E-state index >= 15 is 0 Å². The summed E-state index contributed by atoms with van der Waals surface area (Å²) in [6.07, 6.45) is 9.74. The molecule has 2 rings (SSSR count). The van der Waals surface area contributed by atoms with E-state index in [2.05, 4.69) is 17.0 Å². The number of nitrogens with one attached hydrogen (secondary N) is 1. The standard InChI is InChI=1S/C12H15N3/c1-3-5-6-11(4-2)15-12-9-13-7-10(12)8-14-15/h3-6,8,13H,2,7,9H2,1H3/b5-3-,11-6+. The van der Waals surface area contributed by atoms with Gasteiger partial charge in [-0.1, -0.05) is 18.7 Å². The molecule has 0 saturated carbocycles. The summed E-state index contributed by atoms with van der Waals surface area (Å²) in [5.74, 6) is 0. The molecule has 1 aliphatic rings. The van der Waals surface area contributed by atoms with Gasteiger partial charge in [0, 0.05) is 18.7 Å². The molecule has 15 heavy (non-hydrogen) atoms. The molecule has 78 valence electrons. The van der Waals surface area contributed by atoms with Gasteiger partial charge in [-0.3, -0.25) is 0 Å². The van der Waals surface area contributed by atoms with Gasteiger partial charge in [0.2, 0.25) is 0 Å². The molecular formula is C12H15N3. The fourth-order valence-corrected chi connectivity index (χ4v) is 1.70. The van der Waals surface area contributed by atoms with Crippen LogP contribution in [0.4, 0.5) is 0 Å². The lowest BCUT2D eigenvalue weighted by Gasteiger charge is -2.04. The maximum atomic E-state index is 4.37. The summed E-state index contributed by atoms with van der Waals surface area (Å²) in [6, 6.07) is 0. The van der Waals surface area contributed by atoms with Gasteiger partial charge in [-0.2, -0.15) is 5.10 Å². The van der Waals surface area contributed by atoms with Gasteiger partial charge in [0.05, 0.1) is 17.6 Å². The van der Waals surface area contributed by atoms with Crippen molar-refractivity contribution in [3.05, 3.63) is 48.3 Å². The molecule has 1 aliphatic heterocycles. The topological polar surface area (TPSA) is 29.9 Å². The molecule has 1 aromatic rings. The SMILES string of the molecule is C=C/C(=C\C=C/C)n1ncc2c1CNC2. The van der Waals surface area contributed by atoms with Gasteiger partial charge in [-0.15, -0.1) is 0 Å². The number of rotatable bonds is 3. The van der Waals surface area contributed by atoms with Crippen molar-refractivity contribution < 1.29 is 0 Å². The highest BCUT2D eigenvalue weighted by Crippen LogP contribution is 2.18. The van der Waals surface area contributed by atoms with Gasteiger partial charge >= 0.3 is 0 Å². The van der Waals surface area contributed by atoms with Gasteiger partial charge < -0.3 is 5.32 Å². The Hall–Kier alpha value is -1.61. The number of aromatic nitrogens is 2. The third kappa shape index (κ3) is 1.78. The summed E-state index contributed by atoms with van der Waals surface area (Å²) in [7, 11) is 0. The molecule has 0 radical (unpaired) electrons. The summed E-state index contributed by atoms with van der Waals surface area (Å²) in [5, 5.41) is 7.67. The van der Waals surface area contributed by atoms with Crippen LogP contribution < -0.4 is 5.32 Å². The summed E-state index contributed by atoms with van der Waals surface area (Å²) in [4.78, 5) is 0. The smallest absolute Gasteiger partial charge is 0.0643 e. The molecule has 2 heterocycles. The number of fused-ring (bicyclic) bond motifs is 1. The highest BCUT2D eigenvalue weighted by molar-refractivity contribution is 5.59. The van der Waals surface area contributed by atoms with Crippen LogP contribution in [0.1, 0.15) is 18.2 Å². The Kier molecular flexibility index (Phi) is 2.83. The van der Waals surface area contributed by atoms with Crippen LogP contribution in [0.2, 0.25) is 0 Å². The van der Waals surface area contributed by atoms with Crippen LogP contribution in [-0.4, -0.2) is 9.78 Å². The lowest BCUT2D eigenvalue weighted by molar-refractivity contribution is 0.718. The normalized spacial score (nSPS) is 15.9. The summed E-state index contributed by atoms with van der Waals surface area (Å²) in [5.41, 5.74) is 3.53. The Labute approximate surface area is 89.8 Å². The van der Waals surface area contributed by atoms with E-state index in [9.17, 15) is 0 Å². The van der Waals surface area contributed by atoms with Gasteiger partial charge in [-0.25, -0.2) is 4.68 Å². The Morgan fingerprint density at radius 1 is 1.60 bits per heavy atom. The Morgan fingerprint density at radius 3 is 3.20 bits per heavy atom. The van der Waals surface area contributed by atoms with E-state index in [0.29, 0.717) is 0 Å². The van der Waals surface area contributed by atoms with Crippen molar-refractivity contribution in [1.29, 1.82) is 0 Å². The molecule has 0 spiro atoms. The average Bonchev–Trinajstić information content (AvgIpc) is 2.82. The van der Waals surface area contributed by atoms with E-state index in [0.717, 1.165) is 18.8 Å². The fourth-order valence-electron chi connectivity index (χ4n) is 1.70. The molecule has 0 bridgehead atoms. The van der Waals surface area contributed by atoms with Gasteiger partial charge in [0.1, 0.15) is 0 Å². The monoisotopic (exact) mass is 201 g/mol.